The summed E-state index contributed by atoms with van der Waals surface area (Å²) in [7, 11) is 0. The summed E-state index contributed by atoms with van der Waals surface area (Å²) in [6.45, 7) is 7.04. The predicted molar refractivity (Wildman–Crippen MR) is 92.2 cm³/mol. The third-order valence-corrected chi connectivity index (χ3v) is 4.52. The van der Waals surface area contributed by atoms with Gasteiger partial charge in [-0.3, -0.25) is 4.79 Å². The van der Waals surface area contributed by atoms with Crippen LogP contribution in [0, 0.1) is 11.7 Å². The molecule has 3 amide bonds. The number of piperidine rings is 1. The number of halogens is 1. The molecule has 1 atom stereocenters. The van der Waals surface area contributed by atoms with Crippen molar-refractivity contribution in [3.05, 3.63) is 30.1 Å². The Bertz CT molecular complexity index is 586. The molecule has 1 heterocycles. The number of benzene rings is 1. The minimum Gasteiger partial charge on any atom is -0.351 e. The Hall–Kier alpha value is -2.11. The molecule has 0 radical (unpaired) electrons. The number of hydrogen-bond donors (Lipinski definition) is 2. The van der Waals surface area contributed by atoms with Crippen LogP contribution >= 0.6 is 0 Å². The van der Waals surface area contributed by atoms with Gasteiger partial charge in [0.1, 0.15) is 5.82 Å². The van der Waals surface area contributed by atoms with E-state index >= 15 is 0 Å². The zero-order valence-electron chi connectivity index (χ0n) is 14.6. The molecule has 6 heteroatoms. The van der Waals surface area contributed by atoms with Gasteiger partial charge in [0.25, 0.3) is 0 Å². The largest absolute Gasteiger partial charge is 0.351 e. The molecule has 24 heavy (non-hydrogen) atoms. The average molecular weight is 335 g/mol. The molecule has 2 rings (SSSR count). The Kier molecular flexibility index (Phi) is 5.80. The number of nitrogens with one attached hydrogen (secondary N) is 2. The summed E-state index contributed by atoms with van der Waals surface area (Å²) in [5.74, 6) is -0.536. The van der Waals surface area contributed by atoms with Crippen molar-refractivity contribution >= 4 is 17.6 Å². The number of carbonyl (C=O) groups is 2. The number of anilines is 1. The van der Waals surface area contributed by atoms with Crippen LogP contribution in [0.4, 0.5) is 14.9 Å². The smallest absolute Gasteiger partial charge is 0.321 e. The van der Waals surface area contributed by atoms with Gasteiger partial charge < -0.3 is 15.5 Å². The number of nitrogens with zero attached hydrogens (tertiary/aromatic N) is 1. The van der Waals surface area contributed by atoms with Crippen LogP contribution < -0.4 is 10.6 Å². The summed E-state index contributed by atoms with van der Waals surface area (Å²) in [6.07, 6.45) is 2.42. The van der Waals surface area contributed by atoms with Crippen molar-refractivity contribution in [1.82, 2.24) is 10.2 Å². The molecule has 1 aromatic rings. The molecular formula is C18H26FN3O2. The van der Waals surface area contributed by atoms with Gasteiger partial charge in [-0.25, -0.2) is 9.18 Å². The Morgan fingerprint density at radius 3 is 2.58 bits per heavy atom. The van der Waals surface area contributed by atoms with Gasteiger partial charge in [0.05, 0.1) is 5.92 Å². The quantitative estimate of drug-likeness (QED) is 0.886. The first-order chi connectivity index (χ1) is 11.3. The zero-order valence-corrected chi connectivity index (χ0v) is 14.6. The van der Waals surface area contributed by atoms with E-state index in [2.05, 4.69) is 10.6 Å². The normalized spacial score (nSPS) is 18.2. The monoisotopic (exact) mass is 335 g/mol. The van der Waals surface area contributed by atoms with E-state index in [1.165, 1.54) is 24.3 Å². The van der Waals surface area contributed by atoms with Gasteiger partial charge in [0, 0.05) is 24.3 Å². The highest BCUT2D eigenvalue weighted by Gasteiger charge is 2.30. The van der Waals surface area contributed by atoms with Crippen molar-refractivity contribution in [1.29, 1.82) is 0 Å². The van der Waals surface area contributed by atoms with Crippen LogP contribution in [0.25, 0.3) is 0 Å². The van der Waals surface area contributed by atoms with Crippen molar-refractivity contribution in [2.75, 3.05) is 18.4 Å². The molecule has 0 spiro atoms. The first-order valence-electron chi connectivity index (χ1n) is 8.44. The van der Waals surface area contributed by atoms with Gasteiger partial charge >= 0.3 is 6.03 Å². The van der Waals surface area contributed by atoms with E-state index in [9.17, 15) is 14.0 Å². The summed E-state index contributed by atoms with van der Waals surface area (Å²) >= 11 is 0. The van der Waals surface area contributed by atoms with Crippen molar-refractivity contribution in [2.45, 2.75) is 45.6 Å². The molecule has 2 N–H and O–H groups in total. The first-order valence-corrected chi connectivity index (χ1v) is 8.44. The van der Waals surface area contributed by atoms with E-state index in [4.69, 9.17) is 0 Å². The molecule has 1 aliphatic rings. The lowest BCUT2D eigenvalue weighted by molar-refractivity contribution is -0.127. The predicted octanol–water partition coefficient (Wildman–Crippen LogP) is 3.37. The fourth-order valence-corrected chi connectivity index (χ4v) is 2.64. The summed E-state index contributed by atoms with van der Waals surface area (Å²) in [5.41, 5.74) is 0.301. The third-order valence-electron chi connectivity index (χ3n) is 4.52. The van der Waals surface area contributed by atoms with Crippen molar-refractivity contribution in [3.8, 4) is 0 Å². The maximum Gasteiger partial charge on any atom is 0.321 e. The lowest BCUT2D eigenvalue weighted by Gasteiger charge is -2.34. The lowest BCUT2D eigenvalue weighted by Crippen LogP contribution is -2.51. The molecule has 1 unspecified atom stereocenters. The van der Waals surface area contributed by atoms with Gasteiger partial charge in [-0.15, -0.1) is 0 Å². The Labute approximate surface area is 142 Å². The topological polar surface area (TPSA) is 61.4 Å². The van der Waals surface area contributed by atoms with Crippen LogP contribution in [0.5, 0.6) is 0 Å². The second kappa shape index (κ2) is 7.64. The van der Waals surface area contributed by atoms with Gasteiger partial charge in [-0.1, -0.05) is 6.92 Å². The number of urea groups is 1. The summed E-state index contributed by atoms with van der Waals surface area (Å²) in [4.78, 5) is 26.4. The van der Waals surface area contributed by atoms with E-state index in [0.717, 1.165) is 19.3 Å². The molecule has 0 aromatic heterocycles. The van der Waals surface area contributed by atoms with E-state index in [1.54, 1.807) is 4.90 Å². The van der Waals surface area contributed by atoms with Crippen LogP contribution in [0.2, 0.25) is 0 Å². The summed E-state index contributed by atoms with van der Waals surface area (Å²) in [6, 6.07) is 5.38. The fourth-order valence-electron chi connectivity index (χ4n) is 2.64. The van der Waals surface area contributed by atoms with Gasteiger partial charge in [-0.05, 0) is 57.4 Å². The average Bonchev–Trinajstić information content (AvgIpc) is 2.56. The minimum atomic E-state index is -0.346. The minimum absolute atomic E-state index is 0.00105. The number of likely N-dealkylation sites (tertiary alicyclic amines) is 1. The highest BCUT2D eigenvalue weighted by atomic mass is 19.1. The standard InChI is InChI=1S/C18H26FN3O2/c1-4-18(2,3)21-16(23)13-6-5-11-22(12-13)17(24)20-15-9-7-14(19)8-10-15/h7-10,13H,4-6,11-12H2,1-3H3,(H,20,24)(H,21,23). The number of amides is 3. The van der Waals surface area contributed by atoms with Crippen LogP contribution in [0.1, 0.15) is 40.0 Å². The number of carbonyl (C=O) groups excluding carboxylic acids is 2. The van der Waals surface area contributed by atoms with E-state index in [0.29, 0.717) is 18.8 Å². The van der Waals surface area contributed by atoms with Crippen molar-refractivity contribution in [3.63, 3.8) is 0 Å². The van der Waals surface area contributed by atoms with Gasteiger partial charge in [0.15, 0.2) is 0 Å². The molecule has 1 fully saturated rings. The number of rotatable bonds is 4. The van der Waals surface area contributed by atoms with Crippen molar-refractivity contribution in [2.24, 2.45) is 5.92 Å². The second-order valence-corrected chi connectivity index (χ2v) is 6.95. The first kappa shape index (κ1) is 18.2. The van der Waals surface area contributed by atoms with E-state index < -0.39 is 0 Å². The Morgan fingerprint density at radius 2 is 1.96 bits per heavy atom. The molecule has 0 saturated carbocycles. The SMILES string of the molecule is CCC(C)(C)NC(=O)C1CCCN(C(=O)Nc2ccc(F)cc2)C1. The third kappa shape index (κ3) is 4.94. The van der Waals surface area contributed by atoms with Gasteiger partial charge in [-0.2, -0.15) is 0 Å². The van der Waals surface area contributed by atoms with Crippen LogP contribution in [-0.4, -0.2) is 35.5 Å². The Balaban J connectivity index is 1.93. The van der Waals surface area contributed by atoms with Gasteiger partial charge in [0.2, 0.25) is 5.91 Å². The molecule has 1 aromatic carbocycles. The Morgan fingerprint density at radius 1 is 1.29 bits per heavy atom. The number of hydrogen-bond acceptors (Lipinski definition) is 2. The molecule has 132 valence electrons. The molecule has 0 aliphatic carbocycles. The van der Waals surface area contributed by atoms with Crippen LogP contribution in [0.15, 0.2) is 24.3 Å². The molecule has 1 saturated heterocycles. The molecule has 1 aliphatic heterocycles. The highest BCUT2D eigenvalue weighted by molar-refractivity contribution is 5.90. The summed E-state index contributed by atoms with van der Waals surface area (Å²) in [5, 5.41) is 5.80. The fraction of sp³-hybridized carbons (Fsp3) is 0.556. The zero-order chi connectivity index (χ0) is 17.7. The maximum absolute atomic E-state index is 12.9. The lowest BCUT2D eigenvalue weighted by atomic mass is 9.94. The highest BCUT2D eigenvalue weighted by Crippen LogP contribution is 2.20. The molecule has 5 nitrogen and oxygen atoms in total. The van der Waals surface area contributed by atoms with Crippen LogP contribution in [-0.2, 0) is 4.79 Å². The van der Waals surface area contributed by atoms with Crippen LogP contribution in [0.3, 0.4) is 0 Å². The van der Waals surface area contributed by atoms with E-state index in [1.807, 2.05) is 20.8 Å². The summed E-state index contributed by atoms with van der Waals surface area (Å²) < 4.78 is 12.9. The molecule has 0 bridgehead atoms. The second-order valence-electron chi connectivity index (χ2n) is 6.95. The van der Waals surface area contributed by atoms with Crippen molar-refractivity contribution < 1.29 is 14.0 Å². The maximum atomic E-state index is 12.9. The van der Waals surface area contributed by atoms with E-state index in [-0.39, 0.29) is 29.2 Å². The molecular weight excluding hydrogens is 309 g/mol.